The van der Waals surface area contributed by atoms with Crippen molar-refractivity contribution in [2.45, 2.75) is 13.0 Å². The van der Waals surface area contributed by atoms with Gasteiger partial charge in [0.15, 0.2) is 0 Å². The van der Waals surface area contributed by atoms with Crippen LogP contribution in [-0.2, 0) is 0 Å². The van der Waals surface area contributed by atoms with E-state index < -0.39 is 35.3 Å². The SMILES string of the molecule is Cc1cc(NC(=O)c2cccc(F)c2)sc1C(=O)NC(C#N)c1ccc(F)cc1F. The highest BCUT2D eigenvalue weighted by Gasteiger charge is 2.22. The van der Waals surface area contributed by atoms with Crippen molar-refractivity contribution in [2.24, 2.45) is 0 Å². The minimum Gasteiger partial charge on any atom is -0.332 e. The summed E-state index contributed by atoms with van der Waals surface area (Å²) in [6, 6.07) is 9.84. The van der Waals surface area contributed by atoms with Crippen LogP contribution in [0.15, 0.2) is 48.5 Å². The summed E-state index contributed by atoms with van der Waals surface area (Å²) >= 11 is 0.948. The van der Waals surface area contributed by atoms with Gasteiger partial charge in [0.25, 0.3) is 11.8 Å². The van der Waals surface area contributed by atoms with Crippen LogP contribution < -0.4 is 10.6 Å². The highest BCUT2D eigenvalue weighted by atomic mass is 32.1. The molecule has 2 amide bonds. The number of amides is 2. The molecule has 152 valence electrons. The average Bonchev–Trinajstić information content (AvgIpc) is 3.06. The van der Waals surface area contributed by atoms with Crippen molar-refractivity contribution in [2.75, 3.05) is 5.32 Å². The number of nitrogens with one attached hydrogen (secondary N) is 2. The zero-order valence-corrected chi connectivity index (χ0v) is 16.3. The van der Waals surface area contributed by atoms with Crippen molar-refractivity contribution >= 4 is 28.2 Å². The normalized spacial score (nSPS) is 11.4. The van der Waals surface area contributed by atoms with Gasteiger partial charge in [0.1, 0.15) is 23.5 Å². The largest absolute Gasteiger partial charge is 0.332 e. The van der Waals surface area contributed by atoms with E-state index in [0.29, 0.717) is 16.6 Å². The number of thiophene rings is 1. The second kappa shape index (κ2) is 8.80. The van der Waals surface area contributed by atoms with Crippen LogP contribution in [-0.4, -0.2) is 11.8 Å². The van der Waals surface area contributed by atoms with Gasteiger partial charge in [-0.2, -0.15) is 5.26 Å². The molecule has 0 spiro atoms. The highest BCUT2D eigenvalue weighted by Crippen LogP contribution is 2.28. The van der Waals surface area contributed by atoms with Crippen molar-refractivity contribution < 1.29 is 22.8 Å². The Labute approximate surface area is 173 Å². The molecule has 3 aromatic rings. The maximum Gasteiger partial charge on any atom is 0.262 e. The first kappa shape index (κ1) is 21.1. The number of rotatable bonds is 5. The van der Waals surface area contributed by atoms with Crippen LogP contribution in [0.4, 0.5) is 18.2 Å². The number of hydrogen-bond donors (Lipinski definition) is 2. The minimum absolute atomic E-state index is 0.114. The Bertz CT molecular complexity index is 1170. The number of nitriles is 1. The molecule has 0 aliphatic heterocycles. The predicted molar refractivity (Wildman–Crippen MR) is 106 cm³/mol. The molecule has 1 heterocycles. The van der Waals surface area contributed by atoms with Gasteiger partial charge in [-0.25, -0.2) is 13.2 Å². The standard InChI is InChI=1S/C21H14F3N3O2S/c1-11-7-18(27-20(28)12-3-2-4-13(22)8-12)30-19(11)21(29)26-17(10-25)15-6-5-14(23)9-16(15)24/h2-9,17H,1H3,(H,26,29)(H,27,28). The summed E-state index contributed by atoms with van der Waals surface area (Å²) in [7, 11) is 0. The van der Waals surface area contributed by atoms with E-state index in [-0.39, 0.29) is 16.0 Å². The van der Waals surface area contributed by atoms with Crippen LogP contribution in [0, 0.1) is 35.7 Å². The third-order valence-corrected chi connectivity index (χ3v) is 5.28. The fraction of sp³-hybridized carbons (Fsp3) is 0.0952. The Hall–Kier alpha value is -3.64. The molecule has 2 aromatic carbocycles. The summed E-state index contributed by atoms with van der Waals surface area (Å²) in [6.07, 6.45) is 0. The van der Waals surface area contributed by atoms with Crippen LogP contribution in [0.1, 0.15) is 37.2 Å². The Kier molecular flexibility index (Phi) is 6.18. The summed E-state index contributed by atoms with van der Waals surface area (Å²) in [5.41, 5.74) is 0.466. The van der Waals surface area contributed by atoms with E-state index in [4.69, 9.17) is 0 Å². The lowest BCUT2D eigenvalue weighted by molar-refractivity contribution is 0.0947. The molecule has 1 atom stereocenters. The van der Waals surface area contributed by atoms with Gasteiger partial charge in [0, 0.05) is 17.2 Å². The maximum atomic E-state index is 13.9. The number of halogens is 3. The summed E-state index contributed by atoms with van der Waals surface area (Å²) < 4.78 is 40.3. The van der Waals surface area contributed by atoms with Gasteiger partial charge in [-0.05, 0) is 42.8 Å². The lowest BCUT2D eigenvalue weighted by Gasteiger charge is -2.12. The molecule has 0 aliphatic rings. The van der Waals surface area contributed by atoms with Crippen LogP contribution in [0.2, 0.25) is 0 Å². The lowest BCUT2D eigenvalue weighted by Crippen LogP contribution is -2.28. The number of benzene rings is 2. The molecule has 5 nitrogen and oxygen atoms in total. The van der Waals surface area contributed by atoms with Crippen LogP contribution in [0.25, 0.3) is 0 Å². The first-order valence-corrected chi connectivity index (χ1v) is 9.43. The molecule has 3 rings (SSSR count). The van der Waals surface area contributed by atoms with Gasteiger partial charge in [-0.3, -0.25) is 9.59 Å². The number of nitrogens with zero attached hydrogens (tertiary/aromatic N) is 1. The average molecular weight is 429 g/mol. The molecule has 2 N–H and O–H groups in total. The zero-order chi connectivity index (χ0) is 21.8. The molecule has 30 heavy (non-hydrogen) atoms. The number of carbonyl (C=O) groups is 2. The molecular weight excluding hydrogens is 415 g/mol. The van der Waals surface area contributed by atoms with E-state index in [1.807, 2.05) is 0 Å². The topological polar surface area (TPSA) is 82.0 Å². The van der Waals surface area contributed by atoms with Crippen molar-refractivity contribution in [1.82, 2.24) is 5.32 Å². The van der Waals surface area contributed by atoms with Gasteiger partial charge in [0.05, 0.1) is 15.9 Å². The maximum absolute atomic E-state index is 13.9. The van der Waals surface area contributed by atoms with Gasteiger partial charge in [0.2, 0.25) is 0 Å². The van der Waals surface area contributed by atoms with E-state index in [1.54, 1.807) is 19.1 Å². The van der Waals surface area contributed by atoms with E-state index in [0.717, 1.165) is 29.5 Å². The molecule has 1 unspecified atom stereocenters. The van der Waals surface area contributed by atoms with E-state index in [2.05, 4.69) is 10.6 Å². The first-order chi connectivity index (χ1) is 14.3. The smallest absolute Gasteiger partial charge is 0.262 e. The molecule has 0 saturated carbocycles. The summed E-state index contributed by atoms with van der Waals surface area (Å²) in [5, 5.41) is 14.6. The van der Waals surface area contributed by atoms with Crippen molar-refractivity contribution in [1.29, 1.82) is 5.26 Å². The third-order valence-electron chi connectivity index (χ3n) is 4.13. The number of aryl methyl sites for hydroxylation is 1. The van der Waals surface area contributed by atoms with Gasteiger partial charge in [-0.15, -0.1) is 11.3 Å². The Morgan fingerprint density at radius 3 is 2.43 bits per heavy atom. The van der Waals surface area contributed by atoms with E-state index in [9.17, 15) is 28.0 Å². The molecule has 0 fully saturated rings. The van der Waals surface area contributed by atoms with Crippen LogP contribution in [0.3, 0.4) is 0 Å². The first-order valence-electron chi connectivity index (χ1n) is 8.61. The van der Waals surface area contributed by atoms with Gasteiger partial charge < -0.3 is 10.6 Å². The molecule has 0 saturated heterocycles. The molecular formula is C21H14F3N3O2S. The molecule has 0 aliphatic carbocycles. The Morgan fingerprint density at radius 2 is 1.77 bits per heavy atom. The van der Waals surface area contributed by atoms with Crippen molar-refractivity contribution in [3.63, 3.8) is 0 Å². The molecule has 0 radical (unpaired) electrons. The molecule has 0 bridgehead atoms. The van der Waals surface area contributed by atoms with Gasteiger partial charge in [-0.1, -0.05) is 12.1 Å². The Balaban J connectivity index is 1.76. The van der Waals surface area contributed by atoms with E-state index >= 15 is 0 Å². The number of hydrogen-bond acceptors (Lipinski definition) is 4. The lowest BCUT2D eigenvalue weighted by atomic mass is 10.1. The fourth-order valence-electron chi connectivity index (χ4n) is 2.69. The number of anilines is 1. The summed E-state index contributed by atoms with van der Waals surface area (Å²) in [5.74, 6) is -3.51. The molecule has 1 aromatic heterocycles. The van der Waals surface area contributed by atoms with E-state index in [1.165, 1.54) is 18.2 Å². The van der Waals surface area contributed by atoms with Crippen LogP contribution in [0.5, 0.6) is 0 Å². The quantitative estimate of drug-likeness (QED) is 0.616. The van der Waals surface area contributed by atoms with Gasteiger partial charge >= 0.3 is 0 Å². The molecule has 9 heteroatoms. The summed E-state index contributed by atoms with van der Waals surface area (Å²) in [4.78, 5) is 25.0. The zero-order valence-electron chi connectivity index (χ0n) is 15.5. The van der Waals surface area contributed by atoms with Crippen LogP contribution >= 0.6 is 11.3 Å². The second-order valence-electron chi connectivity index (χ2n) is 6.29. The third kappa shape index (κ3) is 4.67. The predicted octanol–water partition coefficient (Wildman–Crippen LogP) is 4.72. The Morgan fingerprint density at radius 1 is 1.03 bits per heavy atom. The monoisotopic (exact) mass is 429 g/mol. The van der Waals surface area contributed by atoms with Crippen molar-refractivity contribution in [3.8, 4) is 6.07 Å². The minimum atomic E-state index is -1.33. The highest BCUT2D eigenvalue weighted by molar-refractivity contribution is 7.18. The van der Waals surface area contributed by atoms with Crippen molar-refractivity contribution in [3.05, 3.63) is 87.6 Å². The second-order valence-corrected chi connectivity index (χ2v) is 7.34. The summed E-state index contributed by atoms with van der Waals surface area (Å²) in [6.45, 7) is 1.63. The number of carbonyl (C=O) groups excluding carboxylic acids is 2. The fourth-order valence-corrected chi connectivity index (χ4v) is 3.67.